The van der Waals surface area contributed by atoms with E-state index in [-0.39, 0.29) is 30.6 Å². The van der Waals surface area contributed by atoms with Gasteiger partial charge < -0.3 is 20.1 Å². The maximum Gasteiger partial charge on any atom is 0.317 e. The molecule has 2 rings (SSSR count). The predicted molar refractivity (Wildman–Crippen MR) is 64.3 cm³/mol. The molecule has 0 aromatic carbocycles. The van der Waals surface area contributed by atoms with Crippen molar-refractivity contribution in [2.45, 2.75) is 38.4 Å². The number of rotatable bonds is 4. The highest BCUT2D eigenvalue weighted by Crippen LogP contribution is 2.26. The van der Waals surface area contributed by atoms with E-state index in [4.69, 9.17) is 9.84 Å². The lowest BCUT2D eigenvalue weighted by Crippen LogP contribution is -2.50. The molecule has 0 aromatic rings. The number of fused-ring (bicyclic) bond motifs is 2. The van der Waals surface area contributed by atoms with Gasteiger partial charge in [0.2, 0.25) is 0 Å². The fraction of sp³-hybridized carbons (Fsp3) is 0.833. The third-order valence-corrected chi connectivity index (χ3v) is 3.46. The molecule has 0 saturated carbocycles. The minimum absolute atomic E-state index is 0.0517. The largest absolute Gasteiger partial charge is 0.481 e. The lowest BCUT2D eigenvalue weighted by Gasteiger charge is -2.32. The van der Waals surface area contributed by atoms with Gasteiger partial charge in [-0.15, -0.1) is 0 Å². The van der Waals surface area contributed by atoms with Crippen LogP contribution in [0.3, 0.4) is 0 Å². The molecule has 2 heterocycles. The first-order valence-corrected chi connectivity index (χ1v) is 6.44. The van der Waals surface area contributed by atoms with Gasteiger partial charge in [-0.3, -0.25) is 4.79 Å². The molecule has 2 aliphatic rings. The average Bonchev–Trinajstić information content (AvgIpc) is 2.64. The van der Waals surface area contributed by atoms with E-state index >= 15 is 0 Å². The number of carboxylic acid groups (broad SMARTS) is 1. The Balaban J connectivity index is 1.73. The Morgan fingerprint density at radius 3 is 2.56 bits per heavy atom. The van der Waals surface area contributed by atoms with Gasteiger partial charge in [0.1, 0.15) is 0 Å². The summed E-state index contributed by atoms with van der Waals surface area (Å²) in [5, 5.41) is 11.4. The zero-order valence-electron chi connectivity index (χ0n) is 10.6. The zero-order chi connectivity index (χ0) is 13.1. The lowest BCUT2D eigenvalue weighted by atomic mass is 10.1. The van der Waals surface area contributed by atoms with Gasteiger partial charge in [-0.1, -0.05) is 6.92 Å². The number of amides is 2. The summed E-state index contributed by atoms with van der Waals surface area (Å²) in [6, 6.07) is -0.104. The van der Waals surface area contributed by atoms with Crippen molar-refractivity contribution in [3.8, 4) is 0 Å². The highest BCUT2D eigenvalue weighted by atomic mass is 16.5. The Bertz CT molecular complexity index is 322. The highest BCUT2D eigenvalue weighted by Gasteiger charge is 2.35. The Kier molecular flexibility index (Phi) is 4.06. The van der Waals surface area contributed by atoms with Gasteiger partial charge in [0, 0.05) is 26.1 Å². The number of morpholine rings is 1. The number of hydrogen-bond donors (Lipinski definition) is 2. The van der Waals surface area contributed by atoms with Gasteiger partial charge in [-0.05, 0) is 18.8 Å². The number of carbonyl (C=O) groups is 2. The molecule has 2 bridgehead atoms. The molecule has 102 valence electrons. The van der Waals surface area contributed by atoms with Crippen molar-refractivity contribution >= 4 is 12.0 Å². The van der Waals surface area contributed by atoms with Gasteiger partial charge in [0.05, 0.1) is 12.2 Å². The quantitative estimate of drug-likeness (QED) is 0.775. The van der Waals surface area contributed by atoms with Crippen LogP contribution in [0, 0.1) is 5.92 Å². The normalized spacial score (nSPS) is 27.9. The van der Waals surface area contributed by atoms with Crippen molar-refractivity contribution in [2.75, 3.05) is 19.6 Å². The number of aliphatic carboxylic acids is 1. The van der Waals surface area contributed by atoms with Crippen LogP contribution in [0.5, 0.6) is 0 Å². The molecule has 2 fully saturated rings. The third kappa shape index (κ3) is 3.35. The summed E-state index contributed by atoms with van der Waals surface area (Å²) in [7, 11) is 0. The van der Waals surface area contributed by atoms with E-state index in [0.717, 1.165) is 12.8 Å². The van der Waals surface area contributed by atoms with Crippen molar-refractivity contribution in [2.24, 2.45) is 5.92 Å². The van der Waals surface area contributed by atoms with Gasteiger partial charge in [-0.25, -0.2) is 4.79 Å². The maximum absolute atomic E-state index is 11.9. The first-order chi connectivity index (χ1) is 8.54. The summed E-state index contributed by atoms with van der Waals surface area (Å²) < 4.78 is 5.66. The van der Waals surface area contributed by atoms with E-state index in [2.05, 4.69) is 5.32 Å². The lowest BCUT2D eigenvalue weighted by molar-refractivity contribution is -0.137. The number of ether oxygens (including phenoxy) is 1. The maximum atomic E-state index is 11.9. The van der Waals surface area contributed by atoms with E-state index in [1.165, 1.54) is 0 Å². The van der Waals surface area contributed by atoms with Crippen LogP contribution in [0.4, 0.5) is 4.79 Å². The molecule has 2 saturated heterocycles. The van der Waals surface area contributed by atoms with Crippen LogP contribution in [0.25, 0.3) is 0 Å². The molecule has 6 nitrogen and oxygen atoms in total. The SMILES string of the molecule is CC(CNC(=O)N1CC2CCC(C1)O2)CC(=O)O. The van der Waals surface area contributed by atoms with Gasteiger partial charge >= 0.3 is 12.0 Å². The van der Waals surface area contributed by atoms with Crippen molar-refractivity contribution in [1.29, 1.82) is 0 Å². The first kappa shape index (κ1) is 13.1. The molecule has 3 atom stereocenters. The van der Waals surface area contributed by atoms with Crippen LogP contribution in [-0.4, -0.2) is 53.8 Å². The second kappa shape index (κ2) is 5.56. The zero-order valence-corrected chi connectivity index (χ0v) is 10.6. The summed E-state index contributed by atoms with van der Waals surface area (Å²) in [5.74, 6) is -0.884. The molecule has 18 heavy (non-hydrogen) atoms. The van der Waals surface area contributed by atoms with Crippen LogP contribution in [0.15, 0.2) is 0 Å². The number of likely N-dealkylation sites (tertiary alicyclic amines) is 1. The number of nitrogens with one attached hydrogen (secondary N) is 1. The smallest absolute Gasteiger partial charge is 0.317 e. The van der Waals surface area contributed by atoms with E-state index in [9.17, 15) is 9.59 Å². The van der Waals surface area contributed by atoms with E-state index in [1.807, 2.05) is 6.92 Å². The molecule has 2 aliphatic heterocycles. The Labute approximate surface area is 106 Å². The van der Waals surface area contributed by atoms with Crippen molar-refractivity contribution in [3.63, 3.8) is 0 Å². The van der Waals surface area contributed by atoms with Crippen LogP contribution in [-0.2, 0) is 9.53 Å². The van der Waals surface area contributed by atoms with E-state index < -0.39 is 5.97 Å². The Hall–Kier alpha value is -1.30. The first-order valence-electron chi connectivity index (χ1n) is 6.44. The molecule has 2 N–H and O–H groups in total. The van der Waals surface area contributed by atoms with Crippen LogP contribution in [0.2, 0.25) is 0 Å². The standard InChI is InChI=1S/C12H20N2O4/c1-8(4-11(15)16)5-13-12(17)14-6-9-2-3-10(7-14)18-9/h8-10H,2-7H2,1H3,(H,13,17)(H,15,16). The van der Waals surface area contributed by atoms with Crippen molar-refractivity contribution in [3.05, 3.63) is 0 Å². The number of carboxylic acids is 1. The monoisotopic (exact) mass is 256 g/mol. The molecule has 0 radical (unpaired) electrons. The van der Waals surface area contributed by atoms with Gasteiger partial charge in [0.25, 0.3) is 0 Å². The molecule has 2 amide bonds. The average molecular weight is 256 g/mol. The summed E-state index contributed by atoms with van der Waals surface area (Å²) in [5.41, 5.74) is 0. The fourth-order valence-corrected chi connectivity index (χ4v) is 2.52. The van der Waals surface area contributed by atoms with E-state index in [0.29, 0.717) is 19.6 Å². The van der Waals surface area contributed by atoms with Crippen LogP contribution in [0.1, 0.15) is 26.2 Å². The van der Waals surface area contributed by atoms with Crippen LogP contribution >= 0.6 is 0 Å². The Morgan fingerprint density at radius 2 is 2.00 bits per heavy atom. The molecule has 3 unspecified atom stereocenters. The number of hydrogen-bond acceptors (Lipinski definition) is 3. The molecule has 0 spiro atoms. The van der Waals surface area contributed by atoms with E-state index in [1.54, 1.807) is 4.90 Å². The predicted octanol–water partition coefficient (Wildman–Crippen LogP) is 0.670. The van der Waals surface area contributed by atoms with Gasteiger partial charge in [-0.2, -0.15) is 0 Å². The number of carbonyl (C=O) groups excluding carboxylic acids is 1. The second-order valence-corrected chi connectivity index (χ2v) is 5.25. The molecule has 0 aliphatic carbocycles. The number of nitrogens with zero attached hydrogens (tertiary/aromatic N) is 1. The minimum Gasteiger partial charge on any atom is -0.481 e. The third-order valence-electron chi connectivity index (χ3n) is 3.46. The van der Waals surface area contributed by atoms with Gasteiger partial charge in [0.15, 0.2) is 0 Å². The summed E-state index contributed by atoms with van der Waals surface area (Å²) in [6.45, 7) is 3.51. The van der Waals surface area contributed by atoms with Crippen molar-refractivity contribution in [1.82, 2.24) is 10.2 Å². The molecule has 6 heteroatoms. The summed E-state index contributed by atoms with van der Waals surface area (Å²) in [4.78, 5) is 24.2. The molecule has 0 aromatic heterocycles. The topological polar surface area (TPSA) is 78.9 Å². The van der Waals surface area contributed by atoms with Crippen molar-refractivity contribution < 1.29 is 19.4 Å². The highest BCUT2D eigenvalue weighted by molar-refractivity contribution is 5.74. The summed E-state index contributed by atoms with van der Waals surface area (Å²) >= 11 is 0. The molecular weight excluding hydrogens is 236 g/mol. The fourth-order valence-electron chi connectivity index (χ4n) is 2.52. The molecular formula is C12H20N2O4. The van der Waals surface area contributed by atoms with Crippen LogP contribution < -0.4 is 5.32 Å². The second-order valence-electron chi connectivity index (χ2n) is 5.25. The number of urea groups is 1. The summed E-state index contributed by atoms with van der Waals surface area (Å²) in [6.07, 6.45) is 2.51. The minimum atomic E-state index is -0.832. The Morgan fingerprint density at radius 1 is 1.39 bits per heavy atom.